The third-order valence-corrected chi connectivity index (χ3v) is 3.16. The average molecular weight is 201 g/mol. The van der Waals surface area contributed by atoms with Gasteiger partial charge in [-0.2, -0.15) is 0 Å². The molecule has 0 radical (unpaired) electrons. The van der Waals surface area contributed by atoms with Gasteiger partial charge in [-0.05, 0) is 18.8 Å². The topological polar surface area (TPSA) is 72.5 Å². The van der Waals surface area contributed by atoms with Crippen molar-refractivity contribution in [3.8, 4) is 0 Å². The number of carbonyl (C=O) groups is 1. The Labute approximate surface area is 84.4 Å². The van der Waals surface area contributed by atoms with Crippen molar-refractivity contribution in [3.63, 3.8) is 0 Å². The van der Waals surface area contributed by atoms with Crippen molar-refractivity contribution in [3.05, 3.63) is 0 Å². The van der Waals surface area contributed by atoms with E-state index in [1.165, 1.54) is 13.5 Å². The number of esters is 1. The van der Waals surface area contributed by atoms with Gasteiger partial charge < -0.3 is 15.6 Å². The Kier molecular flexibility index (Phi) is 3.89. The highest BCUT2D eigenvalue weighted by atomic mass is 16.5. The molecule has 0 aromatic heterocycles. The molecule has 3 N–H and O–H groups in total. The molecular weight excluding hydrogens is 182 g/mol. The smallest absolute Gasteiger partial charge is 0.328 e. The van der Waals surface area contributed by atoms with E-state index in [9.17, 15) is 9.90 Å². The molecule has 1 saturated carbocycles. The van der Waals surface area contributed by atoms with Gasteiger partial charge >= 0.3 is 5.97 Å². The standard InChI is InChI=1S/C10H19NO3/c1-14-9(13)10(11,7-12)8-5-3-2-4-6-8/h8,12H,2-7,11H2,1H3. The third kappa shape index (κ3) is 2.07. The van der Waals surface area contributed by atoms with E-state index in [4.69, 9.17) is 5.73 Å². The van der Waals surface area contributed by atoms with E-state index in [0.29, 0.717) is 0 Å². The van der Waals surface area contributed by atoms with E-state index in [2.05, 4.69) is 4.74 Å². The van der Waals surface area contributed by atoms with E-state index >= 15 is 0 Å². The lowest BCUT2D eigenvalue weighted by atomic mass is 9.75. The van der Waals surface area contributed by atoms with E-state index in [-0.39, 0.29) is 12.5 Å². The molecule has 0 spiro atoms. The fourth-order valence-electron chi connectivity index (χ4n) is 2.17. The number of methoxy groups -OCH3 is 1. The summed E-state index contributed by atoms with van der Waals surface area (Å²) in [5, 5.41) is 9.21. The first-order chi connectivity index (χ1) is 6.65. The second kappa shape index (κ2) is 4.75. The number of hydrogen-bond acceptors (Lipinski definition) is 4. The highest BCUT2D eigenvalue weighted by molar-refractivity contribution is 5.81. The molecule has 1 aliphatic carbocycles. The van der Waals surface area contributed by atoms with E-state index < -0.39 is 11.5 Å². The van der Waals surface area contributed by atoms with Gasteiger partial charge in [0, 0.05) is 0 Å². The lowest BCUT2D eigenvalue weighted by Gasteiger charge is -2.35. The Morgan fingerprint density at radius 3 is 2.50 bits per heavy atom. The van der Waals surface area contributed by atoms with Gasteiger partial charge in [0.25, 0.3) is 0 Å². The van der Waals surface area contributed by atoms with Crippen LogP contribution in [0.3, 0.4) is 0 Å². The molecule has 4 heteroatoms. The molecule has 0 aromatic rings. The zero-order valence-electron chi connectivity index (χ0n) is 8.66. The largest absolute Gasteiger partial charge is 0.468 e. The van der Waals surface area contributed by atoms with E-state index in [1.54, 1.807) is 0 Å². The van der Waals surface area contributed by atoms with Crippen molar-refractivity contribution in [1.29, 1.82) is 0 Å². The second-order valence-electron chi connectivity index (χ2n) is 4.02. The van der Waals surface area contributed by atoms with Crippen molar-refractivity contribution in [2.24, 2.45) is 11.7 Å². The zero-order valence-corrected chi connectivity index (χ0v) is 8.66. The molecule has 1 rings (SSSR count). The fourth-order valence-corrected chi connectivity index (χ4v) is 2.17. The normalized spacial score (nSPS) is 22.8. The molecule has 82 valence electrons. The first-order valence-corrected chi connectivity index (χ1v) is 5.13. The van der Waals surface area contributed by atoms with Crippen LogP contribution in [0.25, 0.3) is 0 Å². The molecule has 0 heterocycles. The van der Waals surface area contributed by atoms with Crippen LogP contribution in [-0.4, -0.2) is 30.3 Å². The Bertz CT molecular complexity index is 202. The SMILES string of the molecule is COC(=O)C(N)(CO)C1CCCCC1. The fraction of sp³-hybridized carbons (Fsp3) is 0.900. The monoisotopic (exact) mass is 201 g/mol. The number of carbonyl (C=O) groups excluding carboxylic acids is 1. The zero-order chi connectivity index (χ0) is 10.6. The third-order valence-electron chi connectivity index (χ3n) is 3.16. The minimum atomic E-state index is -1.19. The summed E-state index contributed by atoms with van der Waals surface area (Å²) in [5.41, 5.74) is 4.72. The molecular formula is C10H19NO3. The van der Waals surface area contributed by atoms with Gasteiger partial charge in [-0.25, -0.2) is 4.79 Å². The number of ether oxygens (including phenoxy) is 1. The summed E-state index contributed by atoms with van der Waals surface area (Å²) in [5.74, 6) is -0.430. The molecule has 14 heavy (non-hydrogen) atoms. The van der Waals surface area contributed by atoms with E-state index in [1.807, 2.05) is 0 Å². The molecule has 1 unspecified atom stereocenters. The molecule has 0 saturated heterocycles. The van der Waals surface area contributed by atoms with Crippen LogP contribution >= 0.6 is 0 Å². The quantitative estimate of drug-likeness (QED) is 0.649. The van der Waals surface area contributed by atoms with Crippen molar-refractivity contribution >= 4 is 5.97 Å². The Hall–Kier alpha value is -0.610. The molecule has 0 aliphatic heterocycles. The Morgan fingerprint density at radius 2 is 2.07 bits per heavy atom. The molecule has 1 fully saturated rings. The molecule has 1 aliphatic rings. The average Bonchev–Trinajstić information content (AvgIpc) is 2.28. The summed E-state index contributed by atoms with van der Waals surface area (Å²) in [4.78, 5) is 11.5. The highest BCUT2D eigenvalue weighted by Crippen LogP contribution is 2.31. The Balaban J connectivity index is 2.71. The summed E-state index contributed by atoms with van der Waals surface area (Å²) in [6, 6.07) is 0. The lowest BCUT2D eigenvalue weighted by Crippen LogP contribution is -2.58. The van der Waals surface area contributed by atoms with Gasteiger partial charge in [-0.3, -0.25) is 0 Å². The van der Waals surface area contributed by atoms with Crippen LogP contribution < -0.4 is 5.73 Å². The minimum absolute atomic E-state index is 0.0636. The van der Waals surface area contributed by atoms with Crippen LogP contribution in [-0.2, 0) is 9.53 Å². The van der Waals surface area contributed by atoms with Crippen LogP contribution in [0, 0.1) is 5.92 Å². The summed E-state index contributed by atoms with van der Waals surface area (Å²) in [7, 11) is 1.31. The van der Waals surface area contributed by atoms with Crippen molar-refractivity contribution in [2.75, 3.05) is 13.7 Å². The van der Waals surface area contributed by atoms with Crippen LogP contribution in [0.2, 0.25) is 0 Å². The first kappa shape index (κ1) is 11.5. The Morgan fingerprint density at radius 1 is 1.50 bits per heavy atom. The molecule has 1 atom stereocenters. The maximum absolute atomic E-state index is 11.5. The maximum atomic E-state index is 11.5. The molecule has 0 amide bonds. The summed E-state index contributed by atoms with van der Waals surface area (Å²) in [6.07, 6.45) is 5.18. The number of hydrogen-bond donors (Lipinski definition) is 2. The number of aliphatic hydroxyl groups is 1. The molecule has 0 bridgehead atoms. The van der Waals surface area contributed by atoms with Gasteiger partial charge in [-0.1, -0.05) is 19.3 Å². The van der Waals surface area contributed by atoms with Gasteiger partial charge in [0.15, 0.2) is 0 Å². The van der Waals surface area contributed by atoms with Gasteiger partial charge in [0.2, 0.25) is 0 Å². The number of aliphatic hydroxyl groups excluding tert-OH is 1. The van der Waals surface area contributed by atoms with Crippen molar-refractivity contribution in [1.82, 2.24) is 0 Å². The summed E-state index contributed by atoms with van der Waals surface area (Å²) < 4.78 is 4.64. The van der Waals surface area contributed by atoms with Gasteiger partial charge in [-0.15, -0.1) is 0 Å². The van der Waals surface area contributed by atoms with Crippen LogP contribution in [0.1, 0.15) is 32.1 Å². The van der Waals surface area contributed by atoms with Crippen molar-refractivity contribution < 1.29 is 14.6 Å². The maximum Gasteiger partial charge on any atom is 0.328 e. The minimum Gasteiger partial charge on any atom is -0.468 e. The number of rotatable bonds is 3. The molecule has 0 aromatic carbocycles. The predicted octanol–water partition coefficient (Wildman–Crippen LogP) is 0.429. The van der Waals surface area contributed by atoms with Crippen LogP contribution in [0.4, 0.5) is 0 Å². The molecule has 4 nitrogen and oxygen atoms in total. The summed E-state index contributed by atoms with van der Waals surface area (Å²) in [6.45, 7) is -0.329. The van der Waals surface area contributed by atoms with Crippen molar-refractivity contribution in [2.45, 2.75) is 37.6 Å². The highest BCUT2D eigenvalue weighted by Gasteiger charge is 2.42. The lowest BCUT2D eigenvalue weighted by molar-refractivity contribution is -0.152. The van der Waals surface area contributed by atoms with Gasteiger partial charge in [0.05, 0.1) is 13.7 Å². The number of nitrogens with two attached hydrogens (primary N) is 1. The van der Waals surface area contributed by atoms with Crippen LogP contribution in [0.15, 0.2) is 0 Å². The predicted molar refractivity (Wildman–Crippen MR) is 52.6 cm³/mol. The van der Waals surface area contributed by atoms with Gasteiger partial charge in [0.1, 0.15) is 5.54 Å². The van der Waals surface area contributed by atoms with E-state index in [0.717, 1.165) is 25.7 Å². The first-order valence-electron chi connectivity index (χ1n) is 5.13. The second-order valence-corrected chi connectivity index (χ2v) is 4.02. The van der Waals surface area contributed by atoms with Crippen LogP contribution in [0.5, 0.6) is 0 Å². The summed E-state index contributed by atoms with van der Waals surface area (Å²) >= 11 is 0.